The molecule has 0 amide bonds. The number of esters is 1. The normalized spacial score (nSPS) is 12.7. The zero-order valence-electron chi connectivity index (χ0n) is 10.8. The summed E-state index contributed by atoms with van der Waals surface area (Å²) < 4.78 is 4.83. The summed E-state index contributed by atoms with van der Waals surface area (Å²) in [5.41, 5.74) is 1.49. The minimum Gasteiger partial charge on any atom is -0.468 e. The molecule has 4 nitrogen and oxygen atoms in total. The highest BCUT2D eigenvalue weighted by atomic mass is 16.5. The summed E-state index contributed by atoms with van der Waals surface area (Å²) in [6, 6.07) is 9.62. The molecule has 0 saturated carbocycles. The van der Waals surface area contributed by atoms with E-state index in [1.165, 1.54) is 7.11 Å². The highest BCUT2D eigenvalue weighted by Crippen LogP contribution is 2.25. The molecule has 2 rings (SSSR count). The van der Waals surface area contributed by atoms with Crippen molar-refractivity contribution >= 4 is 16.9 Å². The van der Waals surface area contributed by atoms with E-state index < -0.39 is 0 Å². The van der Waals surface area contributed by atoms with Crippen molar-refractivity contribution in [3.05, 3.63) is 36.0 Å². The zero-order valence-corrected chi connectivity index (χ0v) is 10.8. The van der Waals surface area contributed by atoms with Crippen molar-refractivity contribution in [2.24, 2.45) is 5.92 Å². The Bertz CT molecular complexity index is 566. The molecule has 0 radical (unpaired) electrons. The van der Waals surface area contributed by atoms with Crippen molar-refractivity contribution < 1.29 is 9.53 Å². The average Bonchev–Trinajstić information content (AvgIpc) is 2.38. The first-order valence-corrected chi connectivity index (χ1v) is 5.93. The first kappa shape index (κ1) is 12.5. The molecule has 0 spiro atoms. The second-order valence-electron chi connectivity index (χ2n) is 4.57. The van der Waals surface area contributed by atoms with Gasteiger partial charge in [-0.05, 0) is 18.1 Å². The maximum Gasteiger partial charge on any atom is 0.315 e. The van der Waals surface area contributed by atoms with E-state index in [2.05, 4.69) is 10.2 Å². The third-order valence-electron chi connectivity index (χ3n) is 2.95. The van der Waals surface area contributed by atoms with Gasteiger partial charge in [0.2, 0.25) is 0 Å². The van der Waals surface area contributed by atoms with Crippen molar-refractivity contribution in [2.45, 2.75) is 19.8 Å². The van der Waals surface area contributed by atoms with Crippen LogP contribution in [0.1, 0.15) is 25.5 Å². The smallest absolute Gasteiger partial charge is 0.315 e. The topological polar surface area (TPSA) is 52.1 Å². The van der Waals surface area contributed by atoms with Gasteiger partial charge < -0.3 is 4.74 Å². The molecule has 4 heteroatoms. The number of fused-ring (bicyclic) bond motifs is 1. The molecule has 0 N–H and O–H groups in total. The van der Waals surface area contributed by atoms with Crippen molar-refractivity contribution in [3.63, 3.8) is 0 Å². The van der Waals surface area contributed by atoms with E-state index in [1.807, 2.05) is 44.2 Å². The molecule has 1 unspecified atom stereocenters. The van der Waals surface area contributed by atoms with Gasteiger partial charge in [0, 0.05) is 5.39 Å². The largest absolute Gasteiger partial charge is 0.468 e. The number of carbonyl (C=O) groups excluding carboxylic acids is 1. The maximum absolute atomic E-state index is 11.8. The first-order chi connectivity index (χ1) is 8.63. The Morgan fingerprint density at radius 2 is 1.94 bits per heavy atom. The van der Waals surface area contributed by atoms with Crippen LogP contribution in [0.3, 0.4) is 0 Å². The monoisotopic (exact) mass is 244 g/mol. The van der Waals surface area contributed by atoms with E-state index in [1.54, 1.807) is 0 Å². The number of ether oxygens (including phenoxy) is 1. The summed E-state index contributed by atoms with van der Waals surface area (Å²) in [6.45, 7) is 3.94. The van der Waals surface area contributed by atoms with Crippen LogP contribution in [0.2, 0.25) is 0 Å². The molecule has 0 bridgehead atoms. The third kappa shape index (κ3) is 2.32. The molecular weight excluding hydrogens is 228 g/mol. The SMILES string of the molecule is COC(=O)C(c1cc2ccccc2nn1)C(C)C. The van der Waals surface area contributed by atoms with Crippen molar-refractivity contribution in [2.75, 3.05) is 7.11 Å². The van der Waals surface area contributed by atoms with Crippen LogP contribution in [-0.2, 0) is 9.53 Å². The highest BCUT2D eigenvalue weighted by molar-refractivity contribution is 5.82. The van der Waals surface area contributed by atoms with E-state index in [0.717, 1.165) is 10.9 Å². The minimum atomic E-state index is -0.368. The van der Waals surface area contributed by atoms with Crippen LogP contribution >= 0.6 is 0 Å². The lowest BCUT2D eigenvalue weighted by atomic mass is 9.92. The average molecular weight is 244 g/mol. The molecule has 18 heavy (non-hydrogen) atoms. The lowest BCUT2D eigenvalue weighted by molar-refractivity contribution is -0.143. The Labute approximate surface area is 106 Å². The van der Waals surface area contributed by atoms with E-state index >= 15 is 0 Å². The first-order valence-electron chi connectivity index (χ1n) is 5.93. The molecule has 0 fully saturated rings. The van der Waals surface area contributed by atoms with Crippen LogP contribution in [0, 0.1) is 5.92 Å². The van der Waals surface area contributed by atoms with Gasteiger partial charge in [0.1, 0.15) is 5.92 Å². The van der Waals surface area contributed by atoms with Gasteiger partial charge in [-0.15, -0.1) is 0 Å². The van der Waals surface area contributed by atoms with Gasteiger partial charge in [0.05, 0.1) is 18.3 Å². The fourth-order valence-corrected chi connectivity index (χ4v) is 2.01. The van der Waals surface area contributed by atoms with E-state index in [9.17, 15) is 4.79 Å². The zero-order chi connectivity index (χ0) is 13.1. The van der Waals surface area contributed by atoms with Gasteiger partial charge in [-0.1, -0.05) is 32.0 Å². The Morgan fingerprint density at radius 1 is 1.22 bits per heavy atom. The van der Waals surface area contributed by atoms with Crippen LogP contribution in [0.25, 0.3) is 10.9 Å². The highest BCUT2D eigenvalue weighted by Gasteiger charge is 2.26. The Kier molecular flexibility index (Phi) is 3.55. The van der Waals surface area contributed by atoms with E-state index in [0.29, 0.717) is 5.69 Å². The number of carbonyl (C=O) groups is 1. The lowest BCUT2D eigenvalue weighted by Gasteiger charge is -2.17. The summed E-state index contributed by atoms with van der Waals surface area (Å²) >= 11 is 0. The number of benzene rings is 1. The van der Waals surface area contributed by atoms with Crippen LogP contribution in [0.4, 0.5) is 0 Å². The molecule has 0 aliphatic rings. The standard InChI is InChI=1S/C14H16N2O2/c1-9(2)13(14(17)18-3)12-8-10-6-4-5-7-11(10)15-16-12/h4-9,13H,1-3H3. The predicted octanol–water partition coefficient (Wildman–Crippen LogP) is 2.54. The Balaban J connectivity index is 2.48. The minimum absolute atomic E-state index is 0.118. The molecule has 0 saturated heterocycles. The van der Waals surface area contributed by atoms with Gasteiger partial charge in [-0.25, -0.2) is 0 Å². The van der Waals surface area contributed by atoms with Crippen LogP contribution in [0.15, 0.2) is 30.3 Å². The summed E-state index contributed by atoms with van der Waals surface area (Å²) in [6.07, 6.45) is 0. The molecule has 1 heterocycles. The van der Waals surface area contributed by atoms with Gasteiger partial charge >= 0.3 is 5.97 Å². The second kappa shape index (κ2) is 5.12. The number of aromatic nitrogens is 2. The van der Waals surface area contributed by atoms with Gasteiger partial charge in [0.15, 0.2) is 0 Å². The van der Waals surface area contributed by atoms with E-state index in [4.69, 9.17) is 4.74 Å². The van der Waals surface area contributed by atoms with Crippen molar-refractivity contribution in [1.82, 2.24) is 10.2 Å². The number of hydrogen-bond acceptors (Lipinski definition) is 4. The molecule has 94 valence electrons. The molecule has 1 aromatic heterocycles. The Morgan fingerprint density at radius 3 is 2.61 bits per heavy atom. The number of hydrogen-bond donors (Lipinski definition) is 0. The van der Waals surface area contributed by atoms with Crippen molar-refractivity contribution in [3.8, 4) is 0 Å². The fourth-order valence-electron chi connectivity index (χ4n) is 2.01. The molecule has 0 aliphatic heterocycles. The predicted molar refractivity (Wildman–Crippen MR) is 69.1 cm³/mol. The number of nitrogens with zero attached hydrogens (tertiary/aromatic N) is 2. The van der Waals surface area contributed by atoms with E-state index in [-0.39, 0.29) is 17.8 Å². The third-order valence-corrected chi connectivity index (χ3v) is 2.95. The summed E-state index contributed by atoms with van der Waals surface area (Å²) in [4.78, 5) is 11.8. The molecule has 1 aromatic carbocycles. The maximum atomic E-state index is 11.8. The molecule has 2 aromatic rings. The molecular formula is C14H16N2O2. The summed E-state index contributed by atoms with van der Waals surface area (Å²) in [5, 5.41) is 9.27. The van der Waals surface area contributed by atoms with Gasteiger partial charge in [-0.2, -0.15) is 10.2 Å². The quantitative estimate of drug-likeness (QED) is 0.778. The summed E-state index contributed by atoms with van der Waals surface area (Å²) in [7, 11) is 1.40. The fraction of sp³-hybridized carbons (Fsp3) is 0.357. The number of methoxy groups -OCH3 is 1. The van der Waals surface area contributed by atoms with Crippen LogP contribution in [-0.4, -0.2) is 23.3 Å². The molecule has 1 atom stereocenters. The lowest BCUT2D eigenvalue weighted by Crippen LogP contribution is -2.21. The van der Waals surface area contributed by atoms with Gasteiger partial charge in [0.25, 0.3) is 0 Å². The second-order valence-corrected chi connectivity index (χ2v) is 4.57. The summed E-state index contributed by atoms with van der Waals surface area (Å²) in [5.74, 6) is -0.519. The number of rotatable bonds is 3. The van der Waals surface area contributed by atoms with Crippen molar-refractivity contribution in [1.29, 1.82) is 0 Å². The van der Waals surface area contributed by atoms with Crippen LogP contribution in [0.5, 0.6) is 0 Å². The van der Waals surface area contributed by atoms with Crippen LogP contribution < -0.4 is 0 Å². The van der Waals surface area contributed by atoms with Gasteiger partial charge in [-0.3, -0.25) is 4.79 Å². The Hall–Kier alpha value is -1.97. The molecule has 0 aliphatic carbocycles.